The molecular weight excluding hydrogens is 345 g/mol. The van der Waals surface area contributed by atoms with Gasteiger partial charge in [0.05, 0.1) is 6.04 Å². The van der Waals surface area contributed by atoms with E-state index in [1.54, 1.807) is 36.4 Å². The molecule has 1 fully saturated rings. The molecule has 6 heteroatoms. The molecule has 0 aromatic heterocycles. The molecule has 0 spiro atoms. The average Bonchev–Trinajstić information content (AvgIpc) is 3.48. The standard InChI is InChI=1S/C21H24FN3O2/c1-2-23-21(27)16-4-3-5-18(12-16)24-20(26)14-25(19-10-11-19)13-15-6-8-17(22)9-7-15/h3-9,12,19H,2,10-11,13-14H2,1H3,(H,23,27)(H,24,26)/p+1. The summed E-state index contributed by atoms with van der Waals surface area (Å²) in [5.41, 5.74) is 2.15. The first-order valence-electron chi connectivity index (χ1n) is 9.32. The number of carbonyl (C=O) groups excluding carboxylic acids is 2. The second-order valence-electron chi connectivity index (χ2n) is 6.90. The SMILES string of the molecule is CCNC(=O)c1cccc(NC(=O)C[NH+](Cc2ccc(F)cc2)C2CC2)c1. The van der Waals surface area contributed by atoms with Crippen molar-refractivity contribution in [1.29, 1.82) is 0 Å². The fraction of sp³-hybridized carbons (Fsp3) is 0.333. The van der Waals surface area contributed by atoms with Crippen LogP contribution in [0.1, 0.15) is 35.7 Å². The van der Waals surface area contributed by atoms with Crippen LogP contribution in [-0.2, 0) is 11.3 Å². The summed E-state index contributed by atoms with van der Waals surface area (Å²) in [7, 11) is 0. The third-order valence-electron chi connectivity index (χ3n) is 4.63. The summed E-state index contributed by atoms with van der Waals surface area (Å²) in [6.45, 7) is 3.45. The zero-order valence-electron chi connectivity index (χ0n) is 15.4. The van der Waals surface area contributed by atoms with Crippen LogP contribution in [0.15, 0.2) is 48.5 Å². The van der Waals surface area contributed by atoms with Crippen LogP contribution < -0.4 is 15.5 Å². The van der Waals surface area contributed by atoms with Gasteiger partial charge in [-0.1, -0.05) is 18.2 Å². The van der Waals surface area contributed by atoms with E-state index < -0.39 is 0 Å². The van der Waals surface area contributed by atoms with Crippen LogP contribution in [0.2, 0.25) is 0 Å². The van der Waals surface area contributed by atoms with Crippen molar-refractivity contribution in [2.75, 3.05) is 18.4 Å². The van der Waals surface area contributed by atoms with Crippen LogP contribution in [0.3, 0.4) is 0 Å². The summed E-state index contributed by atoms with van der Waals surface area (Å²) < 4.78 is 13.1. The second kappa shape index (κ2) is 8.77. The maximum absolute atomic E-state index is 13.1. The molecule has 1 aliphatic rings. The Bertz CT molecular complexity index is 803. The lowest BCUT2D eigenvalue weighted by Gasteiger charge is -2.19. The number of amides is 2. The molecule has 5 nitrogen and oxygen atoms in total. The molecule has 2 amide bonds. The molecule has 1 unspecified atom stereocenters. The lowest BCUT2D eigenvalue weighted by molar-refractivity contribution is -0.916. The van der Waals surface area contributed by atoms with Gasteiger partial charge in [0.1, 0.15) is 12.4 Å². The van der Waals surface area contributed by atoms with Crippen molar-refractivity contribution in [3.8, 4) is 0 Å². The molecule has 3 rings (SSSR count). The highest BCUT2D eigenvalue weighted by Crippen LogP contribution is 2.16. The zero-order chi connectivity index (χ0) is 19.2. The van der Waals surface area contributed by atoms with E-state index in [1.165, 1.54) is 17.0 Å². The fourth-order valence-electron chi connectivity index (χ4n) is 3.12. The van der Waals surface area contributed by atoms with Crippen LogP contribution in [0, 0.1) is 5.82 Å². The molecule has 0 bridgehead atoms. The Morgan fingerprint density at radius 1 is 1.15 bits per heavy atom. The van der Waals surface area contributed by atoms with Gasteiger partial charge >= 0.3 is 0 Å². The van der Waals surface area contributed by atoms with Gasteiger partial charge in [0, 0.05) is 36.2 Å². The van der Waals surface area contributed by atoms with E-state index in [9.17, 15) is 14.0 Å². The minimum Gasteiger partial charge on any atom is -0.352 e. The Morgan fingerprint density at radius 3 is 2.56 bits per heavy atom. The van der Waals surface area contributed by atoms with Crippen molar-refractivity contribution in [2.24, 2.45) is 0 Å². The number of carbonyl (C=O) groups is 2. The number of quaternary nitrogens is 1. The van der Waals surface area contributed by atoms with Crippen LogP contribution in [-0.4, -0.2) is 30.9 Å². The highest BCUT2D eigenvalue weighted by Gasteiger charge is 2.34. The molecule has 27 heavy (non-hydrogen) atoms. The minimum atomic E-state index is -0.253. The van der Waals surface area contributed by atoms with E-state index >= 15 is 0 Å². The monoisotopic (exact) mass is 370 g/mol. The molecule has 2 aromatic carbocycles. The van der Waals surface area contributed by atoms with Crippen molar-refractivity contribution < 1.29 is 18.9 Å². The van der Waals surface area contributed by atoms with Crippen LogP contribution >= 0.6 is 0 Å². The van der Waals surface area contributed by atoms with Gasteiger partial charge in [0.25, 0.3) is 11.8 Å². The molecule has 142 valence electrons. The molecule has 1 atom stereocenters. The third-order valence-corrected chi connectivity index (χ3v) is 4.63. The lowest BCUT2D eigenvalue weighted by Crippen LogP contribution is -3.13. The lowest BCUT2D eigenvalue weighted by atomic mass is 10.2. The summed E-state index contributed by atoms with van der Waals surface area (Å²) in [5, 5.41) is 5.63. The number of halogens is 1. The van der Waals surface area contributed by atoms with Crippen LogP contribution in [0.25, 0.3) is 0 Å². The van der Waals surface area contributed by atoms with E-state index in [4.69, 9.17) is 0 Å². The molecule has 1 saturated carbocycles. The van der Waals surface area contributed by atoms with Gasteiger partial charge in [-0.2, -0.15) is 0 Å². The highest BCUT2D eigenvalue weighted by molar-refractivity contribution is 5.97. The number of rotatable bonds is 8. The van der Waals surface area contributed by atoms with Crippen LogP contribution in [0.5, 0.6) is 0 Å². The Hall–Kier alpha value is -2.73. The molecule has 3 N–H and O–H groups in total. The van der Waals surface area contributed by atoms with E-state index in [0.29, 0.717) is 36.9 Å². The average molecular weight is 370 g/mol. The van der Waals surface area contributed by atoms with Gasteiger partial charge in [-0.3, -0.25) is 9.59 Å². The summed E-state index contributed by atoms with van der Waals surface area (Å²) >= 11 is 0. The first-order valence-corrected chi connectivity index (χ1v) is 9.32. The minimum absolute atomic E-state index is 0.0907. The number of anilines is 1. The topological polar surface area (TPSA) is 62.6 Å². The van der Waals surface area contributed by atoms with Gasteiger partial charge in [-0.25, -0.2) is 4.39 Å². The number of nitrogens with one attached hydrogen (secondary N) is 3. The Kier molecular flexibility index (Phi) is 6.19. The highest BCUT2D eigenvalue weighted by atomic mass is 19.1. The zero-order valence-corrected chi connectivity index (χ0v) is 15.4. The fourth-order valence-corrected chi connectivity index (χ4v) is 3.12. The number of hydrogen-bond acceptors (Lipinski definition) is 2. The van der Waals surface area contributed by atoms with Crippen molar-refractivity contribution in [2.45, 2.75) is 32.4 Å². The third kappa shape index (κ3) is 5.62. The molecule has 0 aliphatic heterocycles. The molecule has 2 aromatic rings. The van der Waals surface area contributed by atoms with E-state index in [-0.39, 0.29) is 17.6 Å². The normalized spacial score (nSPS) is 14.4. The van der Waals surface area contributed by atoms with Gasteiger partial charge in [-0.15, -0.1) is 0 Å². The van der Waals surface area contributed by atoms with Gasteiger partial charge in [0.15, 0.2) is 6.54 Å². The van der Waals surface area contributed by atoms with Crippen LogP contribution in [0.4, 0.5) is 10.1 Å². The summed E-state index contributed by atoms with van der Waals surface area (Å²) in [6.07, 6.45) is 2.22. The van der Waals surface area contributed by atoms with Crippen molar-refractivity contribution >= 4 is 17.5 Å². The quantitative estimate of drug-likeness (QED) is 0.663. The summed E-state index contributed by atoms with van der Waals surface area (Å²) in [5.74, 6) is -0.501. The van der Waals surface area contributed by atoms with E-state index in [2.05, 4.69) is 10.6 Å². The maximum atomic E-state index is 13.1. The van der Waals surface area contributed by atoms with Crippen molar-refractivity contribution in [1.82, 2.24) is 5.32 Å². The molecule has 1 aliphatic carbocycles. The predicted octanol–water partition coefficient (Wildman–Crippen LogP) is 1.76. The summed E-state index contributed by atoms with van der Waals surface area (Å²) in [6, 6.07) is 13.8. The molecular formula is C21H25FN3O2+. The maximum Gasteiger partial charge on any atom is 0.279 e. The predicted molar refractivity (Wildman–Crippen MR) is 102 cm³/mol. The summed E-state index contributed by atoms with van der Waals surface area (Å²) in [4.78, 5) is 25.6. The van der Waals surface area contributed by atoms with E-state index in [1.807, 2.05) is 6.92 Å². The largest absolute Gasteiger partial charge is 0.352 e. The first-order chi connectivity index (χ1) is 13.0. The first kappa shape index (κ1) is 19.0. The molecule has 0 saturated heterocycles. The molecule has 0 heterocycles. The van der Waals surface area contributed by atoms with E-state index in [0.717, 1.165) is 18.4 Å². The second-order valence-corrected chi connectivity index (χ2v) is 6.90. The Labute approximate surface area is 158 Å². The number of hydrogen-bond donors (Lipinski definition) is 3. The van der Waals surface area contributed by atoms with Gasteiger partial charge in [0.2, 0.25) is 0 Å². The Balaban J connectivity index is 1.60. The smallest absolute Gasteiger partial charge is 0.279 e. The van der Waals surface area contributed by atoms with Gasteiger partial charge in [-0.05, 0) is 37.3 Å². The van der Waals surface area contributed by atoms with Crippen molar-refractivity contribution in [3.63, 3.8) is 0 Å². The molecule has 0 radical (unpaired) electrons. The van der Waals surface area contributed by atoms with Gasteiger partial charge < -0.3 is 15.5 Å². The Morgan fingerprint density at radius 2 is 1.89 bits per heavy atom. The van der Waals surface area contributed by atoms with Crippen molar-refractivity contribution in [3.05, 3.63) is 65.5 Å². The number of benzene rings is 2.